The summed E-state index contributed by atoms with van der Waals surface area (Å²) in [7, 11) is 0. The number of esters is 1. The first kappa shape index (κ1) is 33.4. The van der Waals surface area contributed by atoms with E-state index < -0.39 is 17.5 Å². The van der Waals surface area contributed by atoms with Crippen LogP contribution in [0, 0.1) is 15.9 Å². The van der Waals surface area contributed by atoms with E-state index in [1.807, 2.05) is 52.8 Å². The van der Waals surface area contributed by atoms with E-state index in [9.17, 15) is 19.3 Å². The number of nitro groups is 1. The molecule has 2 aliphatic rings. The van der Waals surface area contributed by atoms with E-state index in [1.165, 1.54) is 12.1 Å². The average molecular weight is 631 g/mol. The molecule has 5 rings (SSSR count). The zero-order valence-electron chi connectivity index (χ0n) is 27.7. The molecule has 0 saturated carbocycles. The minimum absolute atomic E-state index is 0.0519. The highest BCUT2D eigenvalue weighted by molar-refractivity contribution is 5.81. The number of carbonyl (C=O) groups excluding carboxylic acids is 1. The monoisotopic (exact) mass is 630 g/mol. The van der Waals surface area contributed by atoms with E-state index in [0.29, 0.717) is 25.7 Å². The van der Waals surface area contributed by atoms with Gasteiger partial charge < -0.3 is 14.2 Å². The Kier molecular flexibility index (Phi) is 9.47. The highest BCUT2D eigenvalue weighted by Crippen LogP contribution is 2.40. The molecule has 0 amide bonds. The average Bonchev–Trinajstić information content (AvgIpc) is 3.13. The number of benzene rings is 2. The maximum Gasteiger partial charge on any atom is 0.308 e. The van der Waals surface area contributed by atoms with Gasteiger partial charge in [-0.3, -0.25) is 19.9 Å². The lowest BCUT2D eigenvalue weighted by Crippen LogP contribution is -2.45. The van der Waals surface area contributed by atoms with Gasteiger partial charge in [0.25, 0.3) is 5.69 Å². The van der Waals surface area contributed by atoms with Gasteiger partial charge in [-0.05, 0) is 87.8 Å². The Hall–Kier alpha value is -3.95. The number of pyridine rings is 1. The zero-order chi connectivity index (χ0) is 33.4. The Balaban J connectivity index is 1.59. The number of ether oxygens (including phenoxy) is 3. The van der Waals surface area contributed by atoms with Gasteiger partial charge in [0.15, 0.2) is 5.79 Å². The second kappa shape index (κ2) is 13.0. The summed E-state index contributed by atoms with van der Waals surface area (Å²) in [6.45, 7) is 13.3. The van der Waals surface area contributed by atoms with Gasteiger partial charge >= 0.3 is 5.97 Å². The predicted molar refractivity (Wildman–Crippen MR) is 175 cm³/mol. The number of rotatable bonds is 7. The van der Waals surface area contributed by atoms with Crippen molar-refractivity contribution in [3.63, 3.8) is 0 Å². The van der Waals surface area contributed by atoms with Gasteiger partial charge in [0.2, 0.25) is 0 Å². The molecule has 1 fully saturated rings. The van der Waals surface area contributed by atoms with E-state index in [1.54, 1.807) is 24.3 Å². The number of carbonyl (C=O) groups is 1. The first-order valence-corrected chi connectivity index (χ1v) is 15.9. The number of aromatic nitrogens is 1. The number of hydrogen-bond acceptors (Lipinski definition) is 7. The fourth-order valence-electron chi connectivity index (χ4n) is 6.51. The van der Waals surface area contributed by atoms with Crippen molar-refractivity contribution in [2.75, 3.05) is 0 Å². The number of halogens is 1. The molecular formula is C37H43FN2O6. The van der Waals surface area contributed by atoms with Crippen LogP contribution >= 0.6 is 0 Å². The van der Waals surface area contributed by atoms with Crippen molar-refractivity contribution in [2.24, 2.45) is 0 Å². The van der Waals surface area contributed by atoms with Crippen molar-refractivity contribution in [3.8, 4) is 11.1 Å². The molecule has 244 valence electrons. The van der Waals surface area contributed by atoms with Crippen LogP contribution in [0.15, 0.2) is 48.5 Å². The summed E-state index contributed by atoms with van der Waals surface area (Å²) in [5.41, 5.74) is 6.57. The van der Waals surface area contributed by atoms with Crippen LogP contribution in [0.25, 0.3) is 17.2 Å². The van der Waals surface area contributed by atoms with Gasteiger partial charge in [-0.25, -0.2) is 4.39 Å². The van der Waals surface area contributed by atoms with Gasteiger partial charge in [-0.2, -0.15) is 0 Å². The molecule has 3 aromatic rings. The van der Waals surface area contributed by atoms with E-state index in [0.717, 1.165) is 44.8 Å². The minimum Gasteiger partial charge on any atom is -0.460 e. The van der Waals surface area contributed by atoms with Crippen molar-refractivity contribution >= 4 is 17.7 Å². The third-order valence-electron chi connectivity index (χ3n) is 8.23. The Labute approximate surface area is 270 Å². The van der Waals surface area contributed by atoms with Crippen LogP contribution in [-0.4, -0.2) is 39.5 Å². The molecule has 2 heterocycles. The van der Waals surface area contributed by atoms with E-state index in [4.69, 9.17) is 19.2 Å². The van der Waals surface area contributed by atoms with Crippen molar-refractivity contribution in [3.05, 3.63) is 98.1 Å². The van der Waals surface area contributed by atoms with E-state index >= 15 is 0 Å². The predicted octanol–water partition coefficient (Wildman–Crippen LogP) is 8.26. The molecule has 2 atom stereocenters. The first-order valence-electron chi connectivity index (χ1n) is 15.9. The SMILES string of the molecule is CC(C)c1nc2c(c(-c3ccc(F)cc3)c1/C=C/[C@@H]1C[C@H](CC(=O)OC(C)(C)C)OC(C)(C)O1)Cc1cccc([N+](=O)[O-])c1CC2. The van der Waals surface area contributed by atoms with Gasteiger partial charge in [-0.15, -0.1) is 0 Å². The standard InChI is InChI=1S/C37H43FN2O6/c1-22(2)35-29(16-15-26-20-27(45-37(6,7)44-26)21-33(41)46-36(3,4)5)34(23-11-13-25(38)14-12-23)30-19-24-9-8-10-32(40(42)43)28(24)17-18-31(30)39-35/h8-16,22,26-27H,17-21H2,1-7H3/b16-15+/t26-,27-/m1/s1. The Morgan fingerprint density at radius 1 is 1.13 bits per heavy atom. The number of nitro benzene ring substituents is 1. The van der Waals surface area contributed by atoms with Gasteiger partial charge in [0, 0.05) is 35.7 Å². The zero-order valence-corrected chi connectivity index (χ0v) is 27.7. The van der Waals surface area contributed by atoms with Gasteiger partial charge in [0.1, 0.15) is 11.4 Å². The Morgan fingerprint density at radius 3 is 2.50 bits per heavy atom. The Morgan fingerprint density at radius 2 is 1.85 bits per heavy atom. The molecule has 1 saturated heterocycles. The number of nitrogens with zero attached hydrogens (tertiary/aromatic N) is 2. The first-order chi connectivity index (χ1) is 21.6. The van der Waals surface area contributed by atoms with Crippen molar-refractivity contribution in [1.82, 2.24) is 4.98 Å². The molecule has 0 radical (unpaired) electrons. The molecular weight excluding hydrogens is 587 g/mol. The smallest absolute Gasteiger partial charge is 0.308 e. The molecule has 0 bridgehead atoms. The minimum atomic E-state index is -0.926. The number of hydrogen-bond donors (Lipinski definition) is 0. The van der Waals surface area contributed by atoms with Crippen LogP contribution < -0.4 is 0 Å². The second-order valence-electron chi connectivity index (χ2n) is 13.9. The summed E-state index contributed by atoms with van der Waals surface area (Å²) in [5, 5.41) is 11.9. The molecule has 46 heavy (non-hydrogen) atoms. The molecule has 1 aliphatic carbocycles. The van der Waals surface area contributed by atoms with Gasteiger partial charge in [0.05, 0.1) is 29.2 Å². The normalized spacial score (nSPS) is 19.4. The molecule has 1 aromatic heterocycles. The van der Waals surface area contributed by atoms with E-state index in [-0.39, 0.29) is 40.8 Å². The molecule has 0 unspecified atom stereocenters. The lowest BCUT2D eigenvalue weighted by atomic mass is 9.86. The summed E-state index contributed by atoms with van der Waals surface area (Å²) < 4.78 is 32.1. The van der Waals surface area contributed by atoms with Crippen molar-refractivity contribution in [2.45, 2.75) is 110 Å². The largest absolute Gasteiger partial charge is 0.460 e. The third-order valence-corrected chi connectivity index (χ3v) is 8.23. The third kappa shape index (κ3) is 7.70. The summed E-state index contributed by atoms with van der Waals surface area (Å²) in [6, 6.07) is 11.7. The fraction of sp³-hybridized carbons (Fsp3) is 0.459. The molecule has 0 spiro atoms. The maximum absolute atomic E-state index is 14.2. The number of aryl methyl sites for hydroxylation is 1. The lowest BCUT2D eigenvalue weighted by molar-refractivity contribution is -0.385. The maximum atomic E-state index is 14.2. The van der Waals surface area contributed by atoms with Crippen LogP contribution in [0.4, 0.5) is 10.1 Å². The molecule has 1 aliphatic heterocycles. The summed E-state index contributed by atoms with van der Waals surface area (Å²) in [6.07, 6.45) is 5.34. The molecule has 9 heteroatoms. The summed E-state index contributed by atoms with van der Waals surface area (Å²) >= 11 is 0. The molecule has 2 aromatic carbocycles. The quantitative estimate of drug-likeness (QED) is 0.147. The highest BCUT2D eigenvalue weighted by Gasteiger charge is 2.36. The van der Waals surface area contributed by atoms with E-state index in [2.05, 4.69) is 13.8 Å². The van der Waals surface area contributed by atoms with Crippen LogP contribution in [-0.2, 0) is 38.3 Å². The Bertz CT molecular complexity index is 1660. The van der Waals surface area contributed by atoms with Crippen molar-refractivity contribution < 1.29 is 28.3 Å². The van der Waals surface area contributed by atoms with Crippen LogP contribution in [0.5, 0.6) is 0 Å². The van der Waals surface area contributed by atoms with Crippen LogP contribution in [0.2, 0.25) is 0 Å². The van der Waals surface area contributed by atoms with Gasteiger partial charge in [-0.1, -0.05) is 50.3 Å². The summed E-state index contributed by atoms with van der Waals surface area (Å²) in [4.78, 5) is 29.4. The number of fused-ring (bicyclic) bond motifs is 2. The fourth-order valence-corrected chi connectivity index (χ4v) is 6.51. The highest BCUT2D eigenvalue weighted by atomic mass is 19.1. The summed E-state index contributed by atoms with van der Waals surface area (Å²) in [5.74, 6) is -1.53. The topological polar surface area (TPSA) is 101 Å². The van der Waals surface area contributed by atoms with Crippen molar-refractivity contribution in [1.29, 1.82) is 0 Å². The molecule has 0 N–H and O–H groups in total. The van der Waals surface area contributed by atoms with Crippen LogP contribution in [0.1, 0.15) is 101 Å². The van der Waals surface area contributed by atoms with Crippen LogP contribution in [0.3, 0.4) is 0 Å². The lowest BCUT2D eigenvalue weighted by Gasteiger charge is -2.39. The molecule has 8 nitrogen and oxygen atoms in total. The second-order valence-corrected chi connectivity index (χ2v) is 13.9.